The lowest BCUT2D eigenvalue weighted by molar-refractivity contribution is -0.384. The molecule has 1 atom stereocenters. The fourth-order valence-electron chi connectivity index (χ4n) is 2.05. The lowest BCUT2D eigenvalue weighted by Crippen LogP contribution is -2.46. The monoisotopic (exact) mass is 268 g/mol. The number of nitrogens with two attached hydrogens (primary N) is 1. The van der Waals surface area contributed by atoms with Crippen LogP contribution >= 0.6 is 0 Å². The summed E-state index contributed by atoms with van der Waals surface area (Å²) in [6, 6.07) is 0.0629. The Morgan fingerprint density at radius 1 is 1.74 bits per heavy atom. The van der Waals surface area contributed by atoms with Crippen LogP contribution in [-0.2, 0) is 4.74 Å². The molecule has 1 aromatic heterocycles. The molecule has 1 aromatic rings. The molecule has 19 heavy (non-hydrogen) atoms. The second-order valence-electron chi connectivity index (χ2n) is 4.13. The van der Waals surface area contributed by atoms with Gasteiger partial charge in [-0.25, -0.2) is 10.8 Å². The van der Waals surface area contributed by atoms with Crippen molar-refractivity contribution in [2.24, 2.45) is 5.84 Å². The largest absolute Gasteiger partial charge is 0.377 e. The van der Waals surface area contributed by atoms with Crippen molar-refractivity contribution in [3.8, 4) is 0 Å². The smallest absolute Gasteiger partial charge is 0.329 e. The van der Waals surface area contributed by atoms with E-state index in [-0.39, 0.29) is 23.5 Å². The zero-order valence-electron chi connectivity index (χ0n) is 10.6. The van der Waals surface area contributed by atoms with E-state index in [1.165, 1.54) is 6.20 Å². The first kappa shape index (κ1) is 13.4. The SMILES string of the molecule is CCC1COCCN1c1nc(NN)ncc1[N+](=O)[O-]. The highest BCUT2D eigenvalue weighted by molar-refractivity contribution is 5.59. The summed E-state index contributed by atoms with van der Waals surface area (Å²) in [6.07, 6.45) is 1.98. The van der Waals surface area contributed by atoms with Crippen LogP contribution in [0.4, 0.5) is 17.5 Å². The van der Waals surface area contributed by atoms with Gasteiger partial charge in [0.25, 0.3) is 0 Å². The van der Waals surface area contributed by atoms with E-state index in [0.717, 1.165) is 6.42 Å². The van der Waals surface area contributed by atoms with Crippen LogP contribution in [0.5, 0.6) is 0 Å². The van der Waals surface area contributed by atoms with Gasteiger partial charge in [0, 0.05) is 6.54 Å². The molecule has 9 nitrogen and oxygen atoms in total. The molecule has 0 spiro atoms. The summed E-state index contributed by atoms with van der Waals surface area (Å²) in [7, 11) is 0. The molecule has 3 N–H and O–H groups in total. The Bertz CT molecular complexity index is 469. The minimum Gasteiger partial charge on any atom is -0.377 e. The van der Waals surface area contributed by atoms with Crippen molar-refractivity contribution in [2.45, 2.75) is 19.4 Å². The summed E-state index contributed by atoms with van der Waals surface area (Å²) in [5, 5.41) is 11.1. The third-order valence-electron chi connectivity index (χ3n) is 3.05. The van der Waals surface area contributed by atoms with E-state index in [9.17, 15) is 10.1 Å². The van der Waals surface area contributed by atoms with Gasteiger partial charge in [-0.3, -0.25) is 15.5 Å². The van der Waals surface area contributed by atoms with Gasteiger partial charge in [-0.05, 0) is 6.42 Å². The van der Waals surface area contributed by atoms with Crippen LogP contribution in [0.1, 0.15) is 13.3 Å². The molecule has 1 fully saturated rings. The fraction of sp³-hybridized carbons (Fsp3) is 0.600. The first-order valence-electron chi connectivity index (χ1n) is 5.99. The van der Waals surface area contributed by atoms with Crippen molar-refractivity contribution < 1.29 is 9.66 Å². The van der Waals surface area contributed by atoms with Crippen molar-refractivity contribution in [3.05, 3.63) is 16.3 Å². The number of ether oxygens (including phenoxy) is 1. The van der Waals surface area contributed by atoms with E-state index in [4.69, 9.17) is 10.6 Å². The van der Waals surface area contributed by atoms with E-state index in [0.29, 0.717) is 19.8 Å². The molecule has 2 rings (SSSR count). The number of rotatable bonds is 4. The number of nitrogens with one attached hydrogen (secondary N) is 1. The van der Waals surface area contributed by atoms with E-state index in [2.05, 4.69) is 15.4 Å². The maximum absolute atomic E-state index is 11.1. The van der Waals surface area contributed by atoms with Crippen molar-refractivity contribution in [1.29, 1.82) is 0 Å². The number of hydrazine groups is 1. The van der Waals surface area contributed by atoms with Crippen LogP contribution in [0.25, 0.3) is 0 Å². The lowest BCUT2D eigenvalue weighted by Gasteiger charge is -2.35. The Hall–Kier alpha value is -2.00. The lowest BCUT2D eigenvalue weighted by atomic mass is 10.1. The second-order valence-corrected chi connectivity index (χ2v) is 4.13. The Kier molecular flexibility index (Phi) is 4.07. The van der Waals surface area contributed by atoms with Crippen LogP contribution < -0.4 is 16.2 Å². The molecule has 9 heteroatoms. The first-order valence-corrected chi connectivity index (χ1v) is 5.99. The number of morpholine rings is 1. The van der Waals surface area contributed by atoms with Gasteiger partial charge in [0.1, 0.15) is 6.20 Å². The molecule has 0 aromatic carbocycles. The second kappa shape index (κ2) is 5.76. The van der Waals surface area contributed by atoms with Gasteiger partial charge in [0.15, 0.2) is 0 Å². The number of nitro groups is 1. The van der Waals surface area contributed by atoms with Crippen LogP contribution in [0.15, 0.2) is 6.20 Å². The predicted molar refractivity (Wildman–Crippen MR) is 68.7 cm³/mol. The molecule has 0 radical (unpaired) electrons. The van der Waals surface area contributed by atoms with Crippen LogP contribution in [0.2, 0.25) is 0 Å². The molecule has 2 heterocycles. The molecule has 1 aliphatic heterocycles. The van der Waals surface area contributed by atoms with E-state index >= 15 is 0 Å². The summed E-state index contributed by atoms with van der Waals surface area (Å²) in [5.41, 5.74) is 2.18. The zero-order valence-corrected chi connectivity index (χ0v) is 10.6. The van der Waals surface area contributed by atoms with Crippen LogP contribution in [0.3, 0.4) is 0 Å². The molecular weight excluding hydrogens is 252 g/mol. The first-order chi connectivity index (χ1) is 9.17. The summed E-state index contributed by atoms with van der Waals surface area (Å²) in [4.78, 5) is 20.4. The van der Waals surface area contributed by atoms with Crippen molar-refractivity contribution in [1.82, 2.24) is 9.97 Å². The number of hydrogen-bond acceptors (Lipinski definition) is 8. The highest BCUT2D eigenvalue weighted by Crippen LogP contribution is 2.29. The van der Waals surface area contributed by atoms with Crippen molar-refractivity contribution in [3.63, 3.8) is 0 Å². The minimum atomic E-state index is -0.488. The fourth-order valence-corrected chi connectivity index (χ4v) is 2.05. The third kappa shape index (κ3) is 2.71. The number of nitrogens with zero attached hydrogens (tertiary/aromatic N) is 4. The van der Waals surface area contributed by atoms with Crippen LogP contribution in [0, 0.1) is 10.1 Å². The Morgan fingerprint density at radius 2 is 2.53 bits per heavy atom. The molecule has 0 saturated carbocycles. The number of aromatic nitrogens is 2. The van der Waals surface area contributed by atoms with Gasteiger partial charge in [-0.15, -0.1) is 0 Å². The normalized spacial score (nSPS) is 19.3. The third-order valence-corrected chi connectivity index (χ3v) is 3.05. The molecule has 0 bridgehead atoms. The number of anilines is 2. The molecule has 104 valence electrons. The molecule has 0 amide bonds. The maximum atomic E-state index is 11.1. The Morgan fingerprint density at radius 3 is 3.16 bits per heavy atom. The topological polar surface area (TPSA) is 119 Å². The molecule has 1 unspecified atom stereocenters. The summed E-state index contributed by atoms with van der Waals surface area (Å²) in [5.74, 6) is 5.69. The highest BCUT2D eigenvalue weighted by atomic mass is 16.6. The molecule has 0 aliphatic carbocycles. The van der Waals surface area contributed by atoms with Gasteiger partial charge >= 0.3 is 5.69 Å². The average Bonchev–Trinajstić information content (AvgIpc) is 2.46. The predicted octanol–water partition coefficient (Wildman–Crippen LogP) is 0.286. The van der Waals surface area contributed by atoms with E-state index < -0.39 is 4.92 Å². The minimum absolute atomic E-state index is 0.0629. The summed E-state index contributed by atoms with van der Waals surface area (Å²) in [6.45, 7) is 3.61. The molecular formula is C10H16N6O3. The zero-order chi connectivity index (χ0) is 13.8. The quantitative estimate of drug-likeness (QED) is 0.454. The van der Waals surface area contributed by atoms with Gasteiger partial charge < -0.3 is 9.64 Å². The average molecular weight is 268 g/mol. The van der Waals surface area contributed by atoms with E-state index in [1.807, 2.05) is 11.8 Å². The van der Waals surface area contributed by atoms with Gasteiger partial charge in [0.05, 0.1) is 24.2 Å². The maximum Gasteiger partial charge on any atom is 0.329 e. The Balaban J connectivity index is 2.42. The van der Waals surface area contributed by atoms with Crippen LogP contribution in [-0.4, -0.2) is 40.7 Å². The summed E-state index contributed by atoms with van der Waals surface area (Å²) < 4.78 is 5.39. The van der Waals surface area contributed by atoms with Gasteiger partial charge in [-0.1, -0.05) is 6.92 Å². The Labute approximate surface area is 109 Å². The van der Waals surface area contributed by atoms with Crippen molar-refractivity contribution >= 4 is 17.5 Å². The number of hydrogen-bond donors (Lipinski definition) is 2. The van der Waals surface area contributed by atoms with E-state index in [1.54, 1.807) is 0 Å². The van der Waals surface area contributed by atoms with Crippen molar-refractivity contribution in [2.75, 3.05) is 30.1 Å². The highest BCUT2D eigenvalue weighted by Gasteiger charge is 2.29. The molecule has 1 aliphatic rings. The number of nitrogen functional groups attached to an aromatic ring is 1. The molecule has 1 saturated heterocycles. The van der Waals surface area contributed by atoms with Gasteiger partial charge in [0.2, 0.25) is 11.8 Å². The summed E-state index contributed by atoms with van der Waals surface area (Å²) >= 11 is 0. The standard InChI is InChI=1S/C10H16N6O3/c1-2-7-6-19-4-3-15(7)9-8(16(17)18)5-12-10(13-9)14-11/h5,7H,2-4,6,11H2,1H3,(H,12,13,14). The van der Waals surface area contributed by atoms with Gasteiger partial charge in [-0.2, -0.15) is 4.98 Å².